The zero-order valence-corrected chi connectivity index (χ0v) is 71.5. The fourth-order valence-corrected chi connectivity index (χ4v) is 15.3. The molecule has 0 radical (unpaired) electrons. The Morgan fingerprint density at radius 1 is 0.680 bits per heavy atom. The molecule has 12 atom stereocenters. The highest BCUT2D eigenvalue weighted by atomic mass is 31.1. The van der Waals surface area contributed by atoms with Gasteiger partial charge in [-0.05, 0) is 71.3 Å². The van der Waals surface area contributed by atoms with Crippen molar-refractivity contribution in [3.63, 3.8) is 0 Å². The van der Waals surface area contributed by atoms with E-state index in [0.717, 1.165) is 16.7 Å². The van der Waals surface area contributed by atoms with E-state index >= 15 is 0 Å². The number of aromatic nitrogens is 6. The number of para-hydroxylation sites is 1. The second kappa shape index (κ2) is 48.5. The van der Waals surface area contributed by atoms with E-state index in [1.807, 2.05) is 60.7 Å². The topological polar surface area (TPSA) is 488 Å². The Morgan fingerprint density at radius 2 is 1.34 bits per heavy atom. The third-order valence-corrected chi connectivity index (χ3v) is 21.8. The highest BCUT2D eigenvalue weighted by molar-refractivity contribution is 7.33. The Kier molecular flexibility index (Phi) is 36.8. The second-order valence-electron chi connectivity index (χ2n) is 29.6. The number of aliphatic hydroxyl groups is 1. The van der Waals surface area contributed by atoms with Crippen LogP contribution in [0.1, 0.15) is 97.3 Å². The van der Waals surface area contributed by atoms with Crippen molar-refractivity contribution in [1.29, 1.82) is 0 Å². The summed E-state index contributed by atoms with van der Waals surface area (Å²) in [6.07, 6.45) is -0.305. The molecule has 8 amide bonds. The quantitative estimate of drug-likeness (QED) is 0.0160. The van der Waals surface area contributed by atoms with Gasteiger partial charge in [-0.15, -0.1) is 18.1 Å². The van der Waals surface area contributed by atoms with Crippen LogP contribution in [0.4, 0.5) is 22.1 Å². The van der Waals surface area contributed by atoms with Crippen LogP contribution in [0.3, 0.4) is 0 Å². The SMILES string of the molecule is COCCOCCOCCOCCOCCOCCOCCNC(=O)[C@H](CC(=O)N[C@H](C(=O)N[C@@H](C)C(=O)Nc1ccc(COC(=O)N(C)Cc2ccccc2C(=O)Nc2nc3c(ncn3[C@@H]3O[C@@H]4CO[P+](=O)O[C@H]5C[C@H](Oc6ccncn6)C[C@@H]5CO[P+](=O)O[C@@H]3[C@@H]4O)c(=O)[nH]2)cc1)C(C)C)NC(=O)CCC(=O)N1Cc2ccccc2/C=C\c2ccccc21. The van der Waals surface area contributed by atoms with E-state index in [-0.39, 0.29) is 101 Å². The Labute approximate surface area is 721 Å². The summed E-state index contributed by atoms with van der Waals surface area (Å²) in [7, 11) is -2.71. The summed E-state index contributed by atoms with van der Waals surface area (Å²) in [6.45, 7) is 8.60. The van der Waals surface area contributed by atoms with E-state index in [2.05, 4.69) is 56.8 Å². The third kappa shape index (κ3) is 28.6. The highest BCUT2D eigenvalue weighted by Gasteiger charge is 2.54. The van der Waals surface area contributed by atoms with Crippen LogP contribution in [0.5, 0.6) is 5.88 Å². The molecule has 6 heterocycles. The predicted molar refractivity (Wildman–Crippen MR) is 448 cm³/mol. The summed E-state index contributed by atoms with van der Waals surface area (Å²) in [5, 5.41) is 27.5. The molecule has 2 unspecified atom stereocenters. The van der Waals surface area contributed by atoms with Crippen molar-refractivity contribution in [1.82, 2.24) is 55.7 Å². The number of amides is 8. The minimum Gasteiger partial charge on any atom is -0.474 e. The fourth-order valence-electron chi connectivity index (χ4n) is 13.7. The molecule has 40 nitrogen and oxygen atoms in total. The number of ether oxygens (including phenoxy) is 10. The number of hydrogen-bond donors (Lipinski definition) is 8. The van der Waals surface area contributed by atoms with E-state index in [9.17, 15) is 57.4 Å². The predicted octanol–water partition coefficient (Wildman–Crippen LogP) is 6.00. The maximum Gasteiger partial charge on any atom is 0.697 e. The molecule has 3 fully saturated rings. The summed E-state index contributed by atoms with van der Waals surface area (Å²) in [6, 6.07) is 25.4. The standard InChI is InChI=1S/C83H102N14O26P2/c1-52(2)71(91-68(99)44-63(78(104)85-28-29-111-32-33-113-36-37-115-40-41-116-39-38-114-35-34-112-31-30-110-5)90-67(98)24-25-70(100)96-46-57-14-7-6-12-55(57)20-21-56-13-9-11-17-64(56)96)79(105)88-53(3)76(102)89-60-22-18-54(19-23-60)47-117-83(107)95(4)45-58-15-8-10-16-62(58)77(103)93-82-92-75-72(80(106)94-82)87-51-97(75)81-74-73(101)66(121-81)49-119-124(108)122-65-43-61(120-69-26-27-84-50-86-69)42-59(65)48-118-125(109)123-74/h6-23,26-27,50-53,59,61,63,65-66,71,73-74,81,101H,24-25,28-49H2,1-5H3,(H5-2,85,88,89,90,91,92,93,94,98,99,102,103,104,105,106)/p+2/b21-20-/t53-,59+,61+,63-,65-,66+,71-,73+,74+,81+/m0/s1. The number of imidazole rings is 1. The first-order valence-corrected chi connectivity index (χ1v) is 43.0. The van der Waals surface area contributed by atoms with Crippen molar-refractivity contribution in [2.75, 3.05) is 135 Å². The zero-order valence-electron chi connectivity index (χ0n) is 69.7. The molecule has 2 bridgehead atoms. The van der Waals surface area contributed by atoms with E-state index in [0.29, 0.717) is 101 Å². The van der Waals surface area contributed by atoms with Crippen LogP contribution >= 0.6 is 16.5 Å². The van der Waals surface area contributed by atoms with Crippen LogP contribution in [0, 0.1) is 11.8 Å². The number of carbonyl (C=O) groups excluding carboxylic acids is 8. The van der Waals surface area contributed by atoms with Gasteiger partial charge in [0, 0.05) is 85.1 Å². The molecule has 1 saturated carbocycles. The number of hydrogen-bond acceptors (Lipinski definition) is 30. The molecule has 125 heavy (non-hydrogen) atoms. The van der Waals surface area contributed by atoms with Gasteiger partial charge < -0.3 is 88.9 Å². The second-order valence-corrected chi connectivity index (χ2v) is 31.5. The van der Waals surface area contributed by atoms with Crippen LogP contribution in [0.25, 0.3) is 23.3 Å². The van der Waals surface area contributed by atoms with Gasteiger partial charge in [0.1, 0.15) is 68.7 Å². The van der Waals surface area contributed by atoms with Crippen LogP contribution in [-0.4, -0.2) is 255 Å². The fraction of sp³-hybridized carbons (Fsp3) is 0.482. The summed E-state index contributed by atoms with van der Waals surface area (Å²) < 4.78 is 107. The Morgan fingerprint density at radius 3 is 2.04 bits per heavy atom. The van der Waals surface area contributed by atoms with E-state index in [4.69, 9.17) is 65.5 Å². The van der Waals surface area contributed by atoms with Crippen LogP contribution in [-0.2, 0) is 118 Å². The molecule has 0 spiro atoms. The molecule has 670 valence electrons. The average Bonchev–Trinajstić information content (AvgIpc) is 1.61. The summed E-state index contributed by atoms with van der Waals surface area (Å²) in [5.74, 6) is -5.75. The molecule has 3 aromatic heterocycles. The lowest BCUT2D eigenvalue weighted by Crippen LogP contribution is -2.55. The molecule has 3 aliphatic heterocycles. The summed E-state index contributed by atoms with van der Waals surface area (Å²) in [4.78, 5) is 147. The lowest BCUT2D eigenvalue weighted by atomic mass is 10.0. The number of anilines is 3. The van der Waals surface area contributed by atoms with Crippen molar-refractivity contribution in [2.24, 2.45) is 11.8 Å². The van der Waals surface area contributed by atoms with Gasteiger partial charge in [0.2, 0.25) is 47.3 Å². The van der Waals surface area contributed by atoms with Gasteiger partial charge in [-0.1, -0.05) is 98.8 Å². The Hall–Kier alpha value is -10.9. The number of aliphatic hydroxyl groups excluding tert-OH is 1. The van der Waals surface area contributed by atoms with Crippen LogP contribution in [0.15, 0.2) is 127 Å². The molecule has 7 aromatic rings. The number of nitrogens with zero attached hydrogens (tertiary/aromatic N) is 7. The number of rotatable bonds is 43. The zero-order chi connectivity index (χ0) is 88.6. The lowest BCUT2D eigenvalue weighted by Gasteiger charge is -2.27. The van der Waals surface area contributed by atoms with Crippen molar-refractivity contribution >= 4 is 105 Å². The first-order chi connectivity index (χ1) is 60.5. The average molecular weight is 1780 g/mol. The van der Waals surface area contributed by atoms with Crippen molar-refractivity contribution in [3.8, 4) is 5.88 Å². The number of carbonyl (C=O) groups is 8. The normalized spacial score (nSPS) is 19.7. The minimum atomic E-state index is -2.97. The number of H-pyrrole nitrogens is 1. The van der Waals surface area contributed by atoms with E-state index in [1.165, 1.54) is 48.4 Å². The minimum absolute atomic E-state index is 0.0214. The van der Waals surface area contributed by atoms with Crippen molar-refractivity contribution in [3.05, 3.63) is 166 Å². The number of benzene rings is 4. The molecular weight excluding hydrogens is 1670 g/mol. The third-order valence-electron chi connectivity index (χ3n) is 20.2. The first kappa shape index (κ1) is 94.8. The largest absolute Gasteiger partial charge is 0.697 e. The number of methoxy groups -OCH3 is 1. The van der Waals surface area contributed by atoms with Gasteiger partial charge in [0.05, 0.1) is 111 Å². The van der Waals surface area contributed by atoms with Crippen LogP contribution < -0.4 is 47.1 Å². The smallest absolute Gasteiger partial charge is 0.474 e. The molecule has 8 N–H and O–H groups in total. The van der Waals surface area contributed by atoms with Gasteiger partial charge in [-0.3, -0.25) is 53.2 Å². The molecule has 4 aromatic carbocycles. The molecule has 2 saturated heterocycles. The summed E-state index contributed by atoms with van der Waals surface area (Å²) >= 11 is 0. The monoisotopic (exact) mass is 1770 g/mol. The highest BCUT2D eigenvalue weighted by Crippen LogP contribution is 2.45. The molecule has 1 aliphatic carbocycles. The molecule has 4 aliphatic rings. The van der Waals surface area contributed by atoms with Gasteiger partial charge in [-0.2, -0.15) is 4.98 Å². The Bertz CT molecular complexity index is 4900. The van der Waals surface area contributed by atoms with Gasteiger partial charge in [-0.25, -0.2) is 19.7 Å². The lowest BCUT2D eigenvalue weighted by molar-refractivity contribution is -0.134. The Balaban J connectivity index is 0.627. The van der Waals surface area contributed by atoms with E-state index in [1.54, 1.807) is 74.4 Å². The van der Waals surface area contributed by atoms with Crippen molar-refractivity contribution in [2.45, 2.75) is 127 Å². The number of nitrogens with one attached hydrogen (secondary N) is 7. The van der Waals surface area contributed by atoms with Crippen molar-refractivity contribution < 1.29 is 118 Å². The molecule has 11 rings (SSSR count). The van der Waals surface area contributed by atoms with Gasteiger partial charge >= 0.3 is 22.6 Å². The maximum atomic E-state index is 14.1. The first-order valence-electron chi connectivity index (χ1n) is 40.8. The van der Waals surface area contributed by atoms with Crippen LogP contribution in [0.2, 0.25) is 0 Å². The maximum absolute atomic E-state index is 14.1. The van der Waals surface area contributed by atoms with Gasteiger partial charge in [0.25, 0.3) is 11.5 Å². The van der Waals surface area contributed by atoms with Gasteiger partial charge in [0.15, 0.2) is 23.5 Å². The van der Waals surface area contributed by atoms with E-state index < -0.39 is 143 Å². The number of aromatic amines is 1. The molecular formula is C83H104N14O26P2+2. The molecule has 42 heteroatoms. The number of fused-ring (bicyclic) bond motifs is 6. The summed E-state index contributed by atoms with van der Waals surface area (Å²) in [5.41, 5.74) is 3.37.